The summed E-state index contributed by atoms with van der Waals surface area (Å²) in [6, 6.07) is 0. The SMILES string of the molecule is CCC(CC)CC(C)(C)C1CCC(C)CC1O. The normalized spacial score (nSPS) is 30.9. The van der Waals surface area contributed by atoms with E-state index in [1.54, 1.807) is 0 Å². The van der Waals surface area contributed by atoms with Crippen LogP contribution in [0, 0.1) is 23.2 Å². The number of rotatable bonds is 5. The van der Waals surface area contributed by atoms with Gasteiger partial charge in [-0.05, 0) is 42.4 Å². The minimum Gasteiger partial charge on any atom is -0.393 e. The van der Waals surface area contributed by atoms with E-state index in [9.17, 15) is 5.11 Å². The Hall–Kier alpha value is -0.0400. The second-order valence-corrected chi connectivity index (χ2v) is 6.97. The molecule has 0 aromatic heterocycles. The zero-order valence-electron chi connectivity index (χ0n) is 12.5. The van der Waals surface area contributed by atoms with Gasteiger partial charge in [0.25, 0.3) is 0 Å². The highest BCUT2D eigenvalue weighted by molar-refractivity contribution is 4.89. The predicted octanol–water partition coefficient (Wildman–Crippen LogP) is 4.64. The topological polar surface area (TPSA) is 20.2 Å². The molecule has 3 unspecified atom stereocenters. The molecule has 0 aromatic carbocycles. The van der Waals surface area contributed by atoms with Gasteiger partial charge in [-0.15, -0.1) is 0 Å². The number of aliphatic hydroxyl groups excluding tert-OH is 1. The molecule has 1 aliphatic rings. The maximum absolute atomic E-state index is 10.3. The van der Waals surface area contributed by atoms with Gasteiger partial charge >= 0.3 is 0 Å². The van der Waals surface area contributed by atoms with Crippen molar-refractivity contribution >= 4 is 0 Å². The summed E-state index contributed by atoms with van der Waals surface area (Å²) in [4.78, 5) is 0. The molecule has 1 heteroatoms. The van der Waals surface area contributed by atoms with Gasteiger partial charge < -0.3 is 5.11 Å². The van der Waals surface area contributed by atoms with Crippen LogP contribution in [0.15, 0.2) is 0 Å². The maximum atomic E-state index is 10.3. The molecule has 17 heavy (non-hydrogen) atoms. The van der Waals surface area contributed by atoms with Crippen LogP contribution < -0.4 is 0 Å². The fourth-order valence-electron chi connectivity index (χ4n) is 3.74. The standard InChI is InChI=1S/C16H32O/c1-6-13(7-2)11-16(4,5)14-9-8-12(3)10-15(14)17/h12-15,17H,6-11H2,1-5H3. The molecule has 0 bridgehead atoms. The number of hydrogen-bond acceptors (Lipinski definition) is 1. The molecule has 1 rings (SSSR count). The van der Waals surface area contributed by atoms with Gasteiger partial charge in [0.2, 0.25) is 0 Å². The van der Waals surface area contributed by atoms with E-state index >= 15 is 0 Å². The monoisotopic (exact) mass is 240 g/mol. The van der Waals surface area contributed by atoms with Gasteiger partial charge in [-0.3, -0.25) is 0 Å². The number of aliphatic hydroxyl groups is 1. The van der Waals surface area contributed by atoms with Crippen LogP contribution in [-0.2, 0) is 0 Å². The first-order valence-corrected chi connectivity index (χ1v) is 7.58. The van der Waals surface area contributed by atoms with E-state index in [4.69, 9.17) is 0 Å². The third kappa shape index (κ3) is 3.98. The fraction of sp³-hybridized carbons (Fsp3) is 1.00. The van der Waals surface area contributed by atoms with Crippen LogP contribution in [0.25, 0.3) is 0 Å². The summed E-state index contributed by atoms with van der Waals surface area (Å²) in [5, 5.41) is 10.3. The minimum absolute atomic E-state index is 0.0666. The third-order valence-corrected chi connectivity index (χ3v) is 5.05. The Morgan fingerprint density at radius 3 is 2.24 bits per heavy atom. The van der Waals surface area contributed by atoms with Crippen LogP contribution in [0.3, 0.4) is 0 Å². The molecule has 0 aromatic rings. The Bertz CT molecular complexity index is 218. The van der Waals surface area contributed by atoms with Gasteiger partial charge in [0.1, 0.15) is 0 Å². The quantitative estimate of drug-likeness (QED) is 0.742. The van der Waals surface area contributed by atoms with E-state index in [0.29, 0.717) is 17.3 Å². The maximum Gasteiger partial charge on any atom is 0.0576 e. The molecule has 1 aliphatic carbocycles. The van der Waals surface area contributed by atoms with Crippen molar-refractivity contribution in [1.82, 2.24) is 0 Å². The molecule has 0 heterocycles. The van der Waals surface area contributed by atoms with Crippen LogP contribution in [0.1, 0.15) is 73.1 Å². The highest BCUT2D eigenvalue weighted by Gasteiger charge is 2.38. The first-order valence-electron chi connectivity index (χ1n) is 7.58. The summed E-state index contributed by atoms with van der Waals surface area (Å²) in [6.45, 7) is 11.6. The molecule has 1 saturated carbocycles. The van der Waals surface area contributed by atoms with Gasteiger partial charge in [-0.2, -0.15) is 0 Å². The van der Waals surface area contributed by atoms with Crippen LogP contribution in [0.2, 0.25) is 0 Å². The lowest BCUT2D eigenvalue weighted by Gasteiger charge is -2.43. The first-order chi connectivity index (χ1) is 7.90. The van der Waals surface area contributed by atoms with E-state index in [1.807, 2.05) is 0 Å². The largest absolute Gasteiger partial charge is 0.393 e. The molecule has 0 amide bonds. The van der Waals surface area contributed by atoms with Crippen molar-refractivity contribution in [3.8, 4) is 0 Å². The Morgan fingerprint density at radius 2 is 1.76 bits per heavy atom. The third-order valence-electron chi connectivity index (χ3n) is 5.05. The average molecular weight is 240 g/mol. The molecule has 0 saturated heterocycles. The summed E-state index contributed by atoms with van der Waals surface area (Å²) in [7, 11) is 0. The number of hydrogen-bond donors (Lipinski definition) is 1. The second kappa shape index (κ2) is 6.22. The Kier molecular flexibility index (Phi) is 5.50. The highest BCUT2D eigenvalue weighted by atomic mass is 16.3. The first kappa shape index (κ1) is 15.0. The molecule has 1 nitrogen and oxygen atoms in total. The highest BCUT2D eigenvalue weighted by Crippen LogP contribution is 2.44. The Morgan fingerprint density at radius 1 is 1.18 bits per heavy atom. The Balaban J connectivity index is 2.62. The lowest BCUT2D eigenvalue weighted by atomic mass is 9.64. The van der Waals surface area contributed by atoms with Crippen molar-refractivity contribution in [3.63, 3.8) is 0 Å². The van der Waals surface area contributed by atoms with Crippen LogP contribution >= 0.6 is 0 Å². The zero-order chi connectivity index (χ0) is 13.1. The Labute approximate surface area is 108 Å². The fourth-order valence-corrected chi connectivity index (χ4v) is 3.74. The molecule has 3 atom stereocenters. The van der Waals surface area contributed by atoms with E-state index in [2.05, 4.69) is 34.6 Å². The van der Waals surface area contributed by atoms with Gasteiger partial charge in [0.05, 0.1) is 6.10 Å². The van der Waals surface area contributed by atoms with E-state index < -0.39 is 0 Å². The van der Waals surface area contributed by atoms with Gasteiger partial charge in [0.15, 0.2) is 0 Å². The smallest absolute Gasteiger partial charge is 0.0576 e. The molecule has 0 spiro atoms. The van der Waals surface area contributed by atoms with Crippen molar-refractivity contribution < 1.29 is 5.11 Å². The lowest BCUT2D eigenvalue weighted by molar-refractivity contribution is -0.0225. The summed E-state index contributed by atoms with van der Waals surface area (Å²) in [6.07, 6.45) is 7.29. The summed E-state index contributed by atoms with van der Waals surface area (Å²) in [5.74, 6) is 2.06. The summed E-state index contributed by atoms with van der Waals surface area (Å²) in [5.41, 5.74) is 0.302. The second-order valence-electron chi connectivity index (χ2n) is 6.97. The van der Waals surface area contributed by atoms with Gasteiger partial charge in [-0.25, -0.2) is 0 Å². The van der Waals surface area contributed by atoms with Crippen molar-refractivity contribution in [2.24, 2.45) is 23.2 Å². The van der Waals surface area contributed by atoms with E-state index in [1.165, 1.54) is 32.1 Å². The average Bonchev–Trinajstić information content (AvgIpc) is 2.25. The lowest BCUT2D eigenvalue weighted by Crippen LogP contribution is -2.39. The summed E-state index contributed by atoms with van der Waals surface area (Å²) < 4.78 is 0. The van der Waals surface area contributed by atoms with Crippen molar-refractivity contribution in [1.29, 1.82) is 0 Å². The molecular formula is C16H32O. The van der Waals surface area contributed by atoms with E-state index in [0.717, 1.165) is 12.3 Å². The van der Waals surface area contributed by atoms with Crippen molar-refractivity contribution in [2.45, 2.75) is 79.2 Å². The van der Waals surface area contributed by atoms with Gasteiger partial charge in [0, 0.05) is 0 Å². The van der Waals surface area contributed by atoms with E-state index in [-0.39, 0.29) is 6.10 Å². The van der Waals surface area contributed by atoms with Crippen LogP contribution in [0.5, 0.6) is 0 Å². The van der Waals surface area contributed by atoms with Crippen molar-refractivity contribution in [3.05, 3.63) is 0 Å². The molecule has 0 aliphatic heterocycles. The zero-order valence-corrected chi connectivity index (χ0v) is 12.5. The molecular weight excluding hydrogens is 208 g/mol. The molecule has 1 N–H and O–H groups in total. The molecule has 1 fully saturated rings. The molecule has 102 valence electrons. The van der Waals surface area contributed by atoms with Gasteiger partial charge in [-0.1, -0.05) is 53.9 Å². The summed E-state index contributed by atoms with van der Waals surface area (Å²) >= 11 is 0. The van der Waals surface area contributed by atoms with Crippen molar-refractivity contribution in [2.75, 3.05) is 0 Å². The molecule has 0 radical (unpaired) electrons. The minimum atomic E-state index is -0.0666. The van der Waals surface area contributed by atoms with Crippen LogP contribution in [0.4, 0.5) is 0 Å². The predicted molar refractivity (Wildman–Crippen MR) is 75.0 cm³/mol. The van der Waals surface area contributed by atoms with Crippen LogP contribution in [-0.4, -0.2) is 11.2 Å².